The monoisotopic (exact) mass is 427 g/mol. The van der Waals surface area contributed by atoms with Crippen LogP contribution < -0.4 is 9.47 Å². The number of nitrogens with zero attached hydrogens (tertiary/aromatic N) is 1. The summed E-state index contributed by atoms with van der Waals surface area (Å²) in [5.74, 6) is -0.122. The number of rotatable bonds is 9. The van der Waals surface area contributed by atoms with Gasteiger partial charge in [-0.3, -0.25) is 4.79 Å². The molecule has 0 saturated carbocycles. The van der Waals surface area contributed by atoms with Crippen molar-refractivity contribution in [2.24, 2.45) is 0 Å². The van der Waals surface area contributed by atoms with Crippen molar-refractivity contribution in [1.82, 2.24) is 4.90 Å². The van der Waals surface area contributed by atoms with Crippen molar-refractivity contribution in [2.75, 3.05) is 31.8 Å². The molecule has 0 radical (unpaired) electrons. The third-order valence-corrected chi connectivity index (χ3v) is 6.27. The zero-order chi connectivity index (χ0) is 21.6. The van der Waals surface area contributed by atoms with Crippen LogP contribution >= 0.6 is 0 Å². The summed E-state index contributed by atoms with van der Waals surface area (Å²) < 4.78 is 39.5. The quantitative estimate of drug-likeness (QED) is 0.556. The van der Waals surface area contributed by atoms with Gasteiger partial charge in [-0.25, -0.2) is 13.2 Å². The number of ether oxygens (including phenoxy) is 3. The van der Waals surface area contributed by atoms with Crippen LogP contribution in [0.3, 0.4) is 0 Å². The highest BCUT2D eigenvalue weighted by Gasteiger charge is 2.34. The second-order valence-corrected chi connectivity index (χ2v) is 9.48. The highest BCUT2D eigenvalue weighted by molar-refractivity contribution is 7.91. The van der Waals surface area contributed by atoms with E-state index in [1.165, 1.54) is 18.1 Å². The standard InChI is InChI=1S/C20H29NO7S/c1-5-9-21(16-8-10-29(24,25)13-16)19(22)12-27-20(23)15-6-7-17(28-14(2)3)18(11-15)26-4/h6-7,11,14,16H,5,8-10,12-13H2,1-4H3. The van der Waals surface area contributed by atoms with E-state index in [4.69, 9.17) is 14.2 Å². The van der Waals surface area contributed by atoms with E-state index in [2.05, 4.69) is 0 Å². The largest absolute Gasteiger partial charge is 0.493 e. The summed E-state index contributed by atoms with van der Waals surface area (Å²) in [6.45, 7) is 5.64. The van der Waals surface area contributed by atoms with Gasteiger partial charge in [0.2, 0.25) is 0 Å². The number of benzene rings is 1. The molecular formula is C20H29NO7S. The molecule has 1 unspecified atom stereocenters. The molecule has 8 nitrogen and oxygen atoms in total. The number of carbonyl (C=O) groups is 2. The molecule has 1 saturated heterocycles. The summed E-state index contributed by atoms with van der Waals surface area (Å²) in [4.78, 5) is 26.5. The Hall–Kier alpha value is -2.29. The fourth-order valence-electron chi connectivity index (χ4n) is 3.21. The van der Waals surface area contributed by atoms with Crippen molar-refractivity contribution in [1.29, 1.82) is 0 Å². The molecule has 0 aromatic heterocycles. The van der Waals surface area contributed by atoms with Gasteiger partial charge in [-0.15, -0.1) is 0 Å². The predicted molar refractivity (Wildman–Crippen MR) is 108 cm³/mol. The first kappa shape index (κ1) is 23.0. The number of carbonyl (C=O) groups excluding carboxylic acids is 2. The molecule has 1 aromatic carbocycles. The fraction of sp³-hybridized carbons (Fsp3) is 0.600. The average molecular weight is 428 g/mol. The third-order valence-electron chi connectivity index (χ3n) is 4.52. The Kier molecular flexibility index (Phi) is 7.89. The van der Waals surface area contributed by atoms with Crippen molar-refractivity contribution in [2.45, 2.75) is 45.8 Å². The van der Waals surface area contributed by atoms with Gasteiger partial charge in [0.25, 0.3) is 5.91 Å². The Balaban J connectivity index is 2.02. The Morgan fingerprint density at radius 2 is 1.97 bits per heavy atom. The minimum absolute atomic E-state index is 0.0405. The van der Waals surface area contributed by atoms with Crippen LogP contribution in [0.2, 0.25) is 0 Å². The van der Waals surface area contributed by atoms with Gasteiger partial charge in [0, 0.05) is 12.6 Å². The smallest absolute Gasteiger partial charge is 0.338 e. The van der Waals surface area contributed by atoms with Gasteiger partial charge < -0.3 is 19.1 Å². The number of methoxy groups -OCH3 is 1. The van der Waals surface area contributed by atoms with Gasteiger partial charge in [-0.05, 0) is 44.9 Å². The number of hydrogen-bond donors (Lipinski definition) is 0. The molecule has 29 heavy (non-hydrogen) atoms. The minimum atomic E-state index is -3.11. The molecule has 1 heterocycles. The molecule has 2 rings (SSSR count). The van der Waals surface area contributed by atoms with Gasteiger partial charge in [-0.2, -0.15) is 0 Å². The molecule has 162 valence electrons. The minimum Gasteiger partial charge on any atom is -0.493 e. The number of sulfone groups is 1. The van der Waals surface area contributed by atoms with E-state index in [0.29, 0.717) is 30.9 Å². The van der Waals surface area contributed by atoms with Crippen molar-refractivity contribution in [3.8, 4) is 11.5 Å². The Labute approximate surface area is 172 Å². The predicted octanol–water partition coefficient (Wildman–Crippen LogP) is 2.06. The maximum atomic E-state index is 12.6. The van der Waals surface area contributed by atoms with E-state index in [0.717, 1.165) is 0 Å². The lowest BCUT2D eigenvalue weighted by atomic mass is 10.2. The SMILES string of the molecule is CCCN(C(=O)COC(=O)c1ccc(OC(C)C)c(OC)c1)C1CCS(=O)(=O)C1. The number of hydrogen-bond acceptors (Lipinski definition) is 7. The van der Waals surface area contributed by atoms with Gasteiger partial charge in [0.05, 0.1) is 30.3 Å². The summed E-state index contributed by atoms with van der Waals surface area (Å²) in [7, 11) is -1.64. The third kappa shape index (κ3) is 6.35. The van der Waals surface area contributed by atoms with Crippen LogP contribution in [0.15, 0.2) is 18.2 Å². The van der Waals surface area contributed by atoms with E-state index in [1.54, 1.807) is 12.1 Å². The zero-order valence-electron chi connectivity index (χ0n) is 17.3. The van der Waals surface area contributed by atoms with Crippen molar-refractivity contribution in [3.63, 3.8) is 0 Å². The first-order valence-electron chi connectivity index (χ1n) is 9.68. The van der Waals surface area contributed by atoms with E-state index >= 15 is 0 Å². The summed E-state index contributed by atoms with van der Waals surface area (Å²) >= 11 is 0. The van der Waals surface area contributed by atoms with Gasteiger partial charge >= 0.3 is 5.97 Å². The number of esters is 1. The average Bonchev–Trinajstić information content (AvgIpc) is 3.03. The second kappa shape index (κ2) is 9.96. The zero-order valence-corrected chi connectivity index (χ0v) is 18.2. The summed E-state index contributed by atoms with van der Waals surface area (Å²) in [6, 6.07) is 4.29. The lowest BCUT2D eigenvalue weighted by molar-refractivity contribution is -0.136. The number of amides is 1. The van der Waals surface area contributed by atoms with Crippen LogP contribution in [0.25, 0.3) is 0 Å². The fourth-order valence-corrected chi connectivity index (χ4v) is 4.94. The van der Waals surface area contributed by atoms with Crippen molar-refractivity contribution >= 4 is 21.7 Å². The molecule has 1 fully saturated rings. The maximum Gasteiger partial charge on any atom is 0.338 e. The normalized spacial score (nSPS) is 17.8. The molecule has 0 aliphatic carbocycles. The van der Waals surface area contributed by atoms with Gasteiger partial charge in [0.1, 0.15) is 0 Å². The molecule has 1 aliphatic heterocycles. The van der Waals surface area contributed by atoms with Crippen LogP contribution in [0.5, 0.6) is 11.5 Å². The van der Waals surface area contributed by atoms with E-state index < -0.39 is 28.3 Å². The van der Waals surface area contributed by atoms with Gasteiger partial charge in [0.15, 0.2) is 27.9 Å². The molecule has 1 aliphatic rings. The lowest BCUT2D eigenvalue weighted by Crippen LogP contribution is -2.43. The van der Waals surface area contributed by atoms with Gasteiger partial charge in [-0.1, -0.05) is 6.92 Å². The summed E-state index contributed by atoms with van der Waals surface area (Å²) in [6.07, 6.45) is 1.05. The van der Waals surface area contributed by atoms with Crippen LogP contribution in [-0.4, -0.2) is 69.1 Å². The molecule has 1 aromatic rings. The molecule has 1 amide bonds. The van der Waals surface area contributed by atoms with E-state index in [-0.39, 0.29) is 29.2 Å². The molecular weight excluding hydrogens is 398 g/mol. The Morgan fingerprint density at radius 3 is 2.52 bits per heavy atom. The van der Waals surface area contributed by atoms with Crippen LogP contribution in [0, 0.1) is 0 Å². The van der Waals surface area contributed by atoms with Crippen molar-refractivity contribution < 1.29 is 32.2 Å². The molecule has 0 spiro atoms. The molecule has 0 bridgehead atoms. The molecule has 0 N–H and O–H groups in total. The first-order valence-corrected chi connectivity index (χ1v) is 11.5. The highest BCUT2D eigenvalue weighted by Crippen LogP contribution is 2.29. The van der Waals surface area contributed by atoms with Crippen molar-refractivity contribution in [3.05, 3.63) is 23.8 Å². The highest BCUT2D eigenvalue weighted by atomic mass is 32.2. The molecule has 1 atom stereocenters. The van der Waals surface area contributed by atoms with Crippen LogP contribution in [0.1, 0.15) is 44.0 Å². The maximum absolute atomic E-state index is 12.6. The van der Waals surface area contributed by atoms with Crippen LogP contribution in [0.4, 0.5) is 0 Å². The Bertz CT molecular complexity index is 835. The summed E-state index contributed by atoms with van der Waals surface area (Å²) in [5, 5.41) is 0. The van der Waals surface area contributed by atoms with E-state index in [1.807, 2.05) is 20.8 Å². The van der Waals surface area contributed by atoms with Crippen LogP contribution in [-0.2, 0) is 19.4 Å². The first-order chi connectivity index (χ1) is 13.7. The topological polar surface area (TPSA) is 99.2 Å². The molecule has 9 heteroatoms. The lowest BCUT2D eigenvalue weighted by Gasteiger charge is -2.27. The van der Waals surface area contributed by atoms with E-state index in [9.17, 15) is 18.0 Å². The second-order valence-electron chi connectivity index (χ2n) is 7.25. The summed E-state index contributed by atoms with van der Waals surface area (Å²) in [5.41, 5.74) is 0.233. The Morgan fingerprint density at radius 1 is 1.24 bits per heavy atom.